The van der Waals surface area contributed by atoms with E-state index in [1.165, 1.54) is 25.5 Å². The first kappa shape index (κ1) is 23.4. The Bertz CT molecular complexity index is 1320. The largest absolute Gasteiger partial charge is 0.495 e. The quantitative estimate of drug-likeness (QED) is 0.471. The van der Waals surface area contributed by atoms with Crippen LogP contribution < -0.4 is 14.4 Å². The molecule has 1 aromatic heterocycles. The number of methoxy groups -OCH3 is 2. The minimum absolute atomic E-state index is 0.0839. The highest BCUT2D eigenvalue weighted by Crippen LogP contribution is 2.40. The van der Waals surface area contributed by atoms with Gasteiger partial charge in [0.1, 0.15) is 17.2 Å². The van der Waals surface area contributed by atoms with E-state index in [1.807, 2.05) is 29.2 Å². The number of nitrogens with zero attached hydrogens (tertiary/aromatic N) is 3. The predicted molar refractivity (Wildman–Crippen MR) is 136 cm³/mol. The predicted octanol–water partition coefficient (Wildman–Crippen LogP) is 5.47. The molecular weight excluding hydrogens is 466 g/mol. The van der Waals surface area contributed by atoms with Gasteiger partial charge in [0, 0.05) is 36.7 Å². The van der Waals surface area contributed by atoms with Gasteiger partial charge in [0.25, 0.3) is 11.8 Å². The van der Waals surface area contributed by atoms with E-state index in [9.17, 15) is 9.59 Å². The van der Waals surface area contributed by atoms with Gasteiger partial charge in [-0.2, -0.15) is 0 Å². The second-order valence-corrected chi connectivity index (χ2v) is 9.49. The number of aromatic nitrogens is 1. The van der Waals surface area contributed by atoms with Crippen LogP contribution in [0, 0.1) is 0 Å². The number of rotatable bonds is 5. The Morgan fingerprint density at radius 2 is 1.80 bits per heavy atom. The zero-order valence-electron chi connectivity index (χ0n) is 20.1. The maximum Gasteiger partial charge on any atom is 0.273 e. The van der Waals surface area contributed by atoms with Crippen LogP contribution in [0.25, 0.3) is 10.9 Å². The lowest BCUT2D eigenvalue weighted by Crippen LogP contribution is -2.37. The van der Waals surface area contributed by atoms with Crippen LogP contribution in [0.2, 0.25) is 5.02 Å². The number of hydrogen-bond acceptors (Lipinski definition) is 5. The second-order valence-electron chi connectivity index (χ2n) is 9.08. The average molecular weight is 494 g/mol. The molecule has 0 N–H and O–H groups in total. The number of amides is 2. The number of carbonyl (C=O) groups excluding carboxylic acids is 2. The number of fused-ring (bicyclic) bond motifs is 2. The average Bonchev–Trinajstić information content (AvgIpc) is 3.22. The Kier molecular flexibility index (Phi) is 6.28. The summed E-state index contributed by atoms with van der Waals surface area (Å²) in [5, 5.41) is 1.09. The summed E-state index contributed by atoms with van der Waals surface area (Å²) in [6, 6.07) is 11.0. The van der Waals surface area contributed by atoms with Crippen molar-refractivity contribution in [1.29, 1.82) is 0 Å². The number of hydrogen-bond donors (Lipinski definition) is 0. The van der Waals surface area contributed by atoms with Gasteiger partial charge >= 0.3 is 0 Å². The van der Waals surface area contributed by atoms with Gasteiger partial charge < -0.3 is 19.3 Å². The number of anilines is 1. The fourth-order valence-electron chi connectivity index (χ4n) is 5.28. The summed E-state index contributed by atoms with van der Waals surface area (Å²) in [5.41, 5.74) is 2.70. The molecular formula is C27H28ClN3O4. The normalized spacial score (nSPS) is 15.9. The van der Waals surface area contributed by atoms with Gasteiger partial charge in [-0.15, -0.1) is 0 Å². The summed E-state index contributed by atoms with van der Waals surface area (Å²) >= 11 is 6.39. The van der Waals surface area contributed by atoms with Gasteiger partial charge in [0.15, 0.2) is 0 Å². The number of pyridine rings is 1. The van der Waals surface area contributed by atoms with E-state index in [0.717, 1.165) is 31.1 Å². The first-order valence-electron chi connectivity index (χ1n) is 11.9. The highest BCUT2D eigenvalue weighted by Gasteiger charge is 2.38. The maximum atomic E-state index is 14.1. The molecule has 1 aliphatic heterocycles. The van der Waals surface area contributed by atoms with Gasteiger partial charge in [0.2, 0.25) is 0 Å². The molecule has 8 heteroatoms. The van der Waals surface area contributed by atoms with Crippen LogP contribution >= 0.6 is 11.6 Å². The SMILES string of the molecule is COc1cc(OC)c(N(C)C(=O)c2c3c(nc4ccccc24)C(=O)N(C2CCCCC2)C3)cc1Cl. The van der Waals surface area contributed by atoms with E-state index in [4.69, 9.17) is 26.1 Å². The molecule has 2 heterocycles. The summed E-state index contributed by atoms with van der Waals surface area (Å²) in [4.78, 5) is 35.7. The van der Waals surface area contributed by atoms with Crippen molar-refractivity contribution in [2.45, 2.75) is 44.7 Å². The van der Waals surface area contributed by atoms with Crippen molar-refractivity contribution in [3.63, 3.8) is 0 Å². The molecule has 1 saturated carbocycles. The molecule has 0 bridgehead atoms. The van der Waals surface area contributed by atoms with Crippen LogP contribution in [-0.4, -0.2) is 49.0 Å². The molecule has 2 aliphatic rings. The highest BCUT2D eigenvalue weighted by molar-refractivity contribution is 6.32. The zero-order chi connectivity index (χ0) is 24.7. The number of ether oxygens (including phenoxy) is 2. The molecule has 182 valence electrons. The smallest absolute Gasteiger partial charge is 0.273 e. The van der Waals surface area contributed by atoms with Crippen LogP contribution in [0.1, 0.15) is 58.5 Å². The van der Waals surface area contributed by atoms with Crippen molar-refractivity contribution in [3.05, 3.63) is 58.2 Å². The van der Waals surface area contributed by atoms with Gasteiger partial charge in [-0.25, -0.2) is 4.98 Å². The lowest BCUT2D eigenvalue weighted by atomic mass is 9.94. The summed E-state index contributed by atoms with van der Waals surface area (Å²) in [6.45, 7) is 0.395. The molecule has 0 unspecified atom stereocenters. The second kappa shape index (κ2) is 9.38. The summed E-state index contributed by atoms with van der Waals surface area (Å²) < 4.78 is 10.8. The summed E-state index contributed by atoms with van der Waals surface area (Å²) in [5.74, 6) is 0.575. The first-order valence-corrected chi connectivity index (χ1v) is 12.2. The van der Waals surface area contributed by atoms with Crippen molar-refractivity contribution >= 4 is 40.0 Å². The third-order valence-corrected chi connectivity index (χ3v) is 7.43. The zero-order valence-corrected chi connectivity index (χ0v) is 20.9. The molecule has 7 nitrogen and oxygen atoms in total. The molecule has 5 rings (SSSR count). The first-order chi connectivity index (χ1) is 16.9. The van der Waals surface area contributed by atoms with Crippen molar-refractivity contribution in [2.24, 2.45) is 0 Å². The Labute approximate surface area is 209 Å². The van der Waals surface area contributed by atoms with Crippen LogP contribution in [0.3, 0.4) is 0 Å². The van der Waals surface area contributed by atoms with Gasteiger partial charge in [-0.05, 0) is 25.0 Å². The molecule has 2 aromatic carbocycles. The molecule has 35 heavy (non-hydrogen) atoms. The van der Waals surface area contributed by atoms with Crippen molar-refractivity contribution in [1.82, 2.24) is 9.88 Å². The third-order valence-electron chi connectivity index (χ3n) is 7.13. The van der Waals surface area contributed by atoms with Crippen LogP contribution in [-0.2, 0) is 6.54 Å². The van der Waals surface area contributed by atoms with Gasteiger partial charge in [-0.1, -0.05) is 49.1 Å². The molecule has 0 atom stereocenters. The minimum Gasteiger partial charge on any atom is -0.495 e. The van der Waals surface area contributed by atoms with E-state index in [1.54, 1.807) is 19.2 Å². The Morgan fingerprint density at radius 3 is 2.51 bits per heavy atom. The molecule has 0 spiro atoms. The number of benzene rings is 2. The Morgan fingerprint density at radius 1 is 1.09 bits per heavy atom. The Hall–Kier alpha value is -3.32. The Balaban J connectivity index is 1.62. The van der Waals surface area contributed by atoms with Crippen molar-refractivity contribution in [3.8, 4) is 11.5 Å². The van der Waals surface area contributed by atoms with Gasteiger partial charge in [0.05, 0.1) is 36.0 Å². The van der Waals surface area contributed by atoms with E-state index in [2.05, 4.69) is 0 Å². The number of para-hydroxylation sites is 1. The van der Waals surface area contributed by atoms with Crippen molar-refractivity contribution < 1.29 is 19.1 Å². The van der Waals surface area contributed by atoms with E-state index >= 15 is 0 Å². The lowest BCUT2D eigenvalue weighted by molar-refractivity contribution is 0.0655. The van der Waals surface area contributed by atoms with E-state index in [0.29, 0.717) is 51.1 Å². The minimum atomic E-state index is -0.252. The number of halogens is 1. The fourth-order valence-corrected chi connectivity index (χ4v) is 5.51. The fraction of sp³-hybridized carbons (Fsp3) is 0.370. The standard InChI is InChI=1S/C27H28ClN3O4/c1-30(21-13-19(28)22(34-2)14-23(21)35-3)26(32)24-17-11-7-8-12-20(17)29-25-18(24)15-31(27(25)33)16-9-5-4-6-10-16/h7-8,11-14,16H,4-6,9-10,15H2,1-3H3. The topological polar surface area (TPSA) is 72.0 Å². The lowest BCUT2D eigenvalue weighted by Gasteiger charge is -2.30. The molecule has 1 fully saturated rings. The van der Waals surface area contributed by atoms with E-state index in [-0.39, 0.29) is 17.9 Å². The van der Waals surface area contributed by atoms with Crippen molar-refractivity contribution in [2.75, 3.05) is 26.2 Å². The van der Waals surface area contributed by atoms with Crippen LogP contribution in [0.4, 0.5) is 5.69 Å². The maximum absolute atomic E-state index is 14.1. The molecule has 1 aliphatic carbocycles. The van der Waals surface area contributed by atoms with Crippen LogP contribution in [0.5, 0.6) is 11.5 Å². The summed E-state index contributed by atoms with van der Waals surface area (Å²) in [7, 11) is 4.74. The molecule has 3 aromatic rings. The monoisotopic (exact) mass is 493 g/mol. The molecule has 0 saturated heterocycles. The highest BCUT2D eigenvalue weighted by atomic mass is 35.5. The third kappa shape index (κ3) is 3.97. The van der Waals surface area contributed by atoms with Gasteiger partial charge in [-0.3, -0.25) is 9.59 Å². The molecule has 0 radical (unpaired) electrons. The molecule has 2 amide bonds. The van der Waals surface area contributed by atoms with E-state index < -0.39 is 0 Å². The number of carbonyl (C=O) groups is 2. The van der Waals surface area contributed by atoms with Crippen LogP contribution in [0.15, 0.2) is 36.4 Å². The summed E-state index contributed by atoms with van der Waals surface area (Å²) in [6.07, 6.45) is 5.42.